The van der Waals surface area contributed by atoms with Crippen LogP contribution in [0.15, 0.2) is 0 Å². The van der Waals surface area contributed by atoms with Gasteiger partial charge >= 0.3 is 0 Å². The van der Waals surface area contributed by atoms with E-state index in [4.69, 9.17) is 0 Å². The summed E-state index contributed by atoms with van der Waals surface area (Å²) < 4.78 is 0. The first-order valence-corrected chi connectivity index (χ1v) is 8.51. The van der Waals surface area contributed by atoms with Gasteiger partial charge in [0.05, 0.1) is 6.10 Å². The summed E-state index contributed by atoms with van der Waals surface area (Å²) in [6.07, 6.45) is 5.61. The highest BCUT2D eigenvalue weighted by Crippen LogP contribution is 2.40. The smallest absolute Gasteiger partial charge is 0.0540 e. The fourth-order valence-electron chi connectivity index (χ4n) is 2.66. The lowest BCUT2D eigenvalue weighted by atomic mass is 9.71. The molecule has 0 aromatic carbocycles. The number of thioether (sulfide) groups is 1. The molecule has 0 aromatic rings. The highest BCUT2D eigenvalue weighted by atomic mass is 32.2. The molecule has 0 bridgehead atoms. The second kappa shape index (κ2) is 7.76. The zero-order valence-corrected chi connectivity index (χ0v) is 13.4. The van der Waals surface area contributed by atoms with Gasteiger partial charge in [-0.15, -0.1) is 0 Å². The van der Waals surface area contributed by atoms with E-state index in [9.17, 15) is 5.11 Å². The van der Waals surface area contributed by atoms with Gasteiger partial charge in [-0.05, 0) is 48.5 Å². The maximum absolute atomic E-state index is 9.71. The Morgan fingerprint density at radius 3 is 2.33 bits per heavy atom. The van der Waals surface area contributed by atoms with Gasteiger partial charge in [0.1, 0.15) is 0 Å². The van der Waals surface area contributed by atoms with Crippen molar-refractivity contribution in [2.45, 2.75) is 77.2 Å². The second-order valence-electron chi connectivity index (χ2n) is 6.44. The van der Waals surface area contributed by atoms with E-state index in [0.29, 0.717) is 11.5 Å². The van der Waals surface area contributed by atoms with Crippen molar-refractivity contribution < 1.29 is 5.11 Å². The summed E-state index contributed by atoms with van der Waals surface area (Å²) in [7, 11) is 0. The molecule has 1 rings (SSSR count). The Morgan fingerprint density at radius 1 is 1.22 bits per heavy atom. The molecule has 0 spiro atoms. The van der Waals surface area contributed by atoms with E-state index in [0.717, 1.165) is 24.6 Å². The molecule has 2 N–H and O–H groups in total. The molecule has 0 amide bonds. The van der Waals surface area contributed by atoms with Crippen LogP contribution in [0.5, 0.6) is 0 Å². The van der Waals surface area contributed by atoms with Gasteiger partial charge in [0.25, 0.3) is 0 Å². The maximum Gasteiger partial charge on any atom is 0.0540 e. The van der Waals surface area contributed by atoms with Crippen LogP contribution in [-0.4, -0.2) is 34.8 Å². The van der Waals surface area contributed by atoms with E-state index in [-0.39, 0.29) is 6.10 Å². The van der Waals surface area contributed by atoms with Gasteiger partial charge < -0.3 is 10.4 Å². The summed E-state index contributed by atoms with van der Waals surface area (Å²) in [6, 6.07) is 0.562. The fraction of sp³-hybridized carbons (Fsp3) is 1.00. The lowest BCUT2D eigenvalue weighted by Crippen LogP contribution is -2.41. The number of aliphatic hydroxyl groups is 1. The molecule has 0 radical (unpaired) electrons. The van der Waals surface area contributed by atoms with Crippen molar-refractivity contribution in [1.82, 2.24) is 5.32 Å². The average Bonchev–Trinajstić information content (AvgIpc) is 2.30. The Labute approximate surface area is 117 Å². The summed E-state index contributed by atoms with van der Waals surface area (Å²) in [5.41, 5.74) is 0.436. The molecular weight excluding hydrogens is 242 g/mol. The van der Waals surface area contributed by atoms with Crippen LogP contribution in [0.25, 0.3) is 0 Å². The van der Waals surface area contributed by atoms with E-state index in [1.165, 1.54) is 25.0 Å². The first-order valence-electron chi connectivity index (χ1n) is 7.46. The van der Waals surface area contributed by atoms with Crippen LogP contribution >= 0.6 is 11.8 Å². The predicted molar refractivity (Wildman–Crippen MR) is 82.3 cm³/mol. The van der Waals surface area contributed by atoms with Crippen molar-refractivity contribution in [3.05, 3.63) is 0 Å². The number of hydrogen-bond donors (Lipinski definition) is 2. The van der Waals surface area contributed by atoms with Crippen molar-refractivity contribution in [3.63, 3.8) is 0 Å². The van der Waals surface area contributed by atoms with E-state index in [1.54, 1.807) is 0 Å². The average molecular weight is 273 g/mol. The van der Waals surface area contributed by atoms with Gasteiger partial charge in [-0.2, -0.15) is 11.8 Å². The minimum atomic E-state index is -0.0464. The van der Waals surface area contributed by atoms with E-state index in [1.807, 2.05) is 0 Å². The second-order valence-corrected chi connectivity index (χ2v) is 8.12. The molecule has 0 heterocycles. The zero-order valence-electron chi connectivity index (χ0n) is 12.5. The molecular formula is C15H31NOS. The van der Waals surface area contributed by atoms with Gasteiger partial charge in [-0.25, -0.2) is 0 Å². The van der Waals surface area contributed by atoms with Crippen molar-refractivity contribution in [2.24, 2.45) is 5.41 Å². The van der Waals surface area contributed by atoms with Crippen molar-refractivity contribution in [1.29, 1.82) is 0 Å². The van der Waals surface area contributed by atoms with E-state index < -0.39 is 0 Å². The molecule has 1 fully saturated rings. The van der Waals surface area contributed by atoms with Gasteiger partial charge in [0.15, 0.2) is 0 Å². The summed E-state index contributed by atoms with van der Waals surface area (Å²) >= 11 is 2.07. The van der Waals surface area contributed by atoms with Gasteiger partial charge in [-0.3, -0.25) is 0 Å². The molecule has 0 unspecified atom stereocenters. The summed E-state index contributed by atoms with van der Waals surface area (Å²) in [6.45, 7) is 10.1. The monoisotopic (exact) mass is 273 g/mol. The lowest BCUT2D eigenvalue weighted by molar-refractivity contribution is 0.0592. The van der Waals surface area contributed by atoms with Crippen molar-refractivity contribution >= 4 is 11.8 Å². The molecule has 0 aliphatic heterocycles. The first-order chi connectivity index (χ1) is 8.43. The minimum absolute atomic E-state index is 0.0464. The van der Waals surface area contributed by atoms with Gasteiger partial charge in [0.2, 0.25) is 0 Å². The van der Waals surface area contributed by atoms with Crippen LogP contribution in [-0.2, 0) is 0 Å². The van der Waals surface area contributed by atoms with Crippen LogP contribution < -0.4 is 5.32 Å². The third-order valence-electron chi connectivity index (χ3n) is 3.98. The number of hydrogen-bond acceptors (Lipinski definition) is 3. The largest absolute Gasteiger partial charge is 0.393 e. The Bertz CT molecular complexity index is 223. The first kappa shape index (κ1) is 16.3. The number of rotatable bonds is 7. The SMILES string of the molecule is CC(C)NCC1(CCSC(C)C)CCC(O)CC1. The summed E-state index contributed by atoms with van der Waals surface area (Å²) in [4.78, 5) is 0. The number of aliphatic hydroxyl groups excluding tert-OH is 1. The molecule has 108 valence electrons. The third-order valence-corrected chi connectivity index (χ3v) is 5.09. The van der Waals surface area contributed by atoms with Gasteiger partial charge in [-0.1, -0.05) is 27.7 Å². The zero-order chi connectivity index (χ0) is 13.6. The van der Waals surface area contributed by atoms with Crippen molar-refractivity contribution in [2.75, 3.05) is 12.3 Å². The molecule has 1 aliphatic carbocycles. The van der Waals surface area contributed by atoms with Crippen LogP contribution in [0.3, 0.4) is 0 Å². The number of nitrogens with one attached hydrogen (secondary N) is 1. The molecule has 0 atom stereocenters. The van der Waals surface area contributed by atoms with Crippen LogP contribution in [0.4, 0.5) is 0 Å². The summed E-state index contributed by atoms with van der Waals surface area (Å²) in [5, 5.41) is 14.1. The van der Waals surface area contributed by atoms with Crippen LogP contribution in [0.2, 0.25) is 0 Å². The standard InChI is InChI=1S/C15H31NOS/c1-12(2)16-11-15(9-10-18-13(3)4)7-5-14(17)6-8-15/h12-14,16-17H,5-11H2,1-4H3. The van der Waals surface area contributed by atoms with Crippen LogP contribution in [0, 0.1) is 5.41 Å². The van der Waals surface area contributed by atoms with Crippen molar-refractivity contribution in [3.8, 4) is 0 Å². The highest BCUT2D eigenvalue weighted by molar-refractivity contribution is 7.99. The normalized spacial score (nSPS) is 29.2. The van der Waals surface area contributed by atoms with E-state index in [2.05, 4.69) is 44.8 Å². The topological polar surface area (TPSA) is 32.3 Å². The van der Waals surface area contributed by atoms with Gasteiger partial charge in [0, 0.05) is 12.6 Å². The minimum Gasteiger partial charge on any atom is -0.393 e. The molecule has 0 saturated heterocycles. The predicted octanol–water partition coefficient (Wildman–Crippen LogP) is 3.44. The molecule has 3 heteroatoms. The molecule has 1 saturated carbocycles. The Kier molecular flexibility index (Phi) is 7.04. The molecule has 18 heavy (non-hydrogen) atoms. The highest BCUT2D eigenvalue weighted by Gasteiger charge is 2.34. The molecule has 2 nitrogen and oxygen atoms in total. The Morgan fingerprint density at radius 2 is 1.83 bits per heavy atom. The maximum atomic E-state index is 9.71. The molecule has 0 aromatic heterocycles. The third kappa shape index (κ3) is 5.94. The van der Waals surface area contributed by atoms with Crippen LogP contribution in [0.1, 0.15) is 59.8 Å². The quantitative estimate of drug-likeness (QED) is 0.745. The van der Waals surface area contributed by atoms with E-state index >= 15 is 0 Å². The summed E-state index contributed by atoms with van der Waals surface area (Å²) in [5.74, 6) is 1.26. The molecule has 1 aliphatic rings. The lowest BCUT2D eigenvalue weighted by Gasteiger charge is -2.40. The Balaban J connectivity index is 2.45. The fourth-order valence-corrected chi connectivity index (χ4v) is 3.68. The Hall–Kier alpha value is 0.270.